The van der Waals surface area contributed by atoms with Crippen LogP contribution in [0, 0.1) is 0 Å². The molecule has 0 aliphatic carbocycles. The van der Waals surface area contributed by atoms with Gasteiger partial charge in [-0.1, -0.05) is 0 Å². The van der Waals surface area contributed by atoms with Crippen LogP contribution in [0.5, 0.6) is 0 Å². The van der Waals surface area contributed by atoms with E-state index in [1.54, 1.807) is 0 Å². The topological polar surface area (TPSA) is 96.2 Å². The van der Waals surface area contributed by atoms with Gasteiger partial charge in [0.1, 0.15) is 12.7 Å². The van der Waals surface area contributed by atoms with Gasteiger partial charge < -0.3 is 17.8 Å². The molecular weight excluding hydrogens is 240 g/mol. The number of hydrogen-bond donors (Lipinski definition) is 2. The van der Waals surface area contributed by atoms with Crippen LogP contribution < -0.4 is 80.9 Å². The van der Waals surface area contributed by atoms with E-state index in [0.29, 0.717) is 0 Å². The zero-order valence-electron chi connectivity index (χ0n) is 10.5. The van der Waals surface area contributed by atoms with Crippen molar-refractivity contribution in [3.8, 4) is 0 Å². The van der Waals surface area contributed by atoms with Crippen LogP contribution in [0.2, 0.25) is 0 Å². The van der Waals surface area contributed by atoms with Crippen molar-refractivity contribution in [1.82, 2.24) is 0 Å². The van der Waals surface area contributed by atoms with Gasteiger partial charge in [-0.15, -0.1) is 0 Å². The Labute approximate surface area is 153 Å². The van der Waals surface area contributed by atoms with E-state index in [1.807, 2.05) is 0 Å². The molecule has 6 nitrogen and oxygen atoms in total. The molecule has 0 aromatic rings. The molecule has 0 saturated heterocycles. The van der Waals surface area contributed by atoms with Crippen LogP contribution in [0.15, 0.2) is 17.5 Å². The zero-order valence-corrected chi connectivity index (χ0v) is 13.6. The van der Waals surface area contributed by atoms with Gasteiger partial charge >= 0.3 is 92.9 Å². The summed E-state index contributed by atoms with van der Waals surface area (Å²) in [6.45, 7) is 0. The summed E-state index contributed by atoms with van der Waals surface area (Å²) in [6.07, 6.45) is 2.60. The maximum atomic E-state index is 10.7. The molecule has 1 aliphatic heterocycles. The van der Waals surface area contributed by atoms with Gasteiger partial charge in [0.25, 0.3) is 0 Å². The Morgan fingerprint density at radius 1 is 1.47 bits per heavy atom. The van der Waals surface area contributed by atoms with Crippen molar-refractivity contribution in [3.05, 3.63) is 12.5 Å². The summed E-state index contributed by atoms with van der Waals surface area (Å²) >= 11 is 0. The predicted octanol–water partition coefficient (Wildman–Crippen LogP) is -5.91. The first-order valence-corrected chi connectivity index (χ1v) is 3.39. The van der Waals surface area contributed by atoms with Gasteiger partial charge in [-0.2, -0.15) is 0 Å². The summed E-state index contributed by atoms with van der Waals surface area (Å²) < 4.78 is 4.73. The summed E-state index contributed by atoms with van der Waals surface area (Å²) in [5, 5.41) is 17.2. The van der Waals surface area contributed by atoms with Crippen LogP contribution in [0.3, 0.4) is 0 Å². The molecular formula is C7H9KNNaO5. The minimum atomic E-state index is -1.86. The van der Waals surface area contributed by atoms with Crippen molar-refractivity contribution < 1.29 is 108 Å². The average molecular weight is 249 g/mol. The number of carbonyl (C=O) groups is 2. The summed E-state index contributed by atoms with van der Waals surface area (Å²) in [4.78, 5) is 24.6. The molecule has 0 aromatic heterocycles. The molecule has 15 heavy (non-hydrogen) atoms. The summed E-state index contributed by atoms with van der Waals surface area (Å²) in [5.74, 6) is -2.63. The number of aliphatic carboxylic acids is 2. The van der Waals surface area contributed by atoms with Crippen molar-refractivity contribution in [3.63, 3.8) is 0 Å². The molecule has 0 saturated carbocycles. The van der Waals surface area contributed by atoms with Crippen molar-refractivity contribution in [1.29, 1.82) is 0 Å². The second kappa shape index (κ2) is 7.96. The van der Waals surface area contributed by atoms with Gasteiger partial charge in [-0.05, 0) is 0 Å². The molecule has 0 radical (unpaired) electrons. The predicted molar refractivity (Wildman–Crippen MR) is 43.6 cm³/mol. The van der Waals surface area contributed by atoms with Gasteiger partial charge in [-0.3, -0.25) is 9.79 Å². The number of ether oxygens (including phenoxy) is 1. The first-order valence-electron chi connectivity index (χ1n) is 3.39. The molecule has 1 atom stereocenters. The SMILES string of the molecule is O=C(O)CC1(C(=O)O)C=NC=CO1.[H-].[H-].[K+].[Na+]. The average Bonchev–Trinajstić information content (AvgIpc) is 2.04. The third-order valence-electron chi connectivity index (χ3n) is 1.48. The number of rotatable bonds is 3. The Morgan fingerprint density at radius 2 is 2.07 bits per heavy atom. The molecule has 0 amide bonds. The van der Waals surface area contributed by atoms with Gasteiger partial charge in [0.15, 0.2) is 0 Å². The standard InChI is InChI=1S/C7H7NO5.K.Na.2H/c9-5(10)3-7(6(11)12)4-8-1-2-13-7;;;;/h1-2,4H,3H2,(H,9,10)(H,11,12);;;;/q;2*+1;2*-1. The van der Waals surface area contributed by atoms with Crippen LogP contribution in [-0.2, 0) is 14.3 Å². The fourth-order valence-corrected chi connectivity index (χ4v) is 0.874. The Hall–Kier alpha value is 0.786. The number of nitrogens with zero attached hydrogens (tertiary/aromatic N) is 1. The van der Waals surface area contributed by atoms with Crippen LogP contribution in [-0.4, -0.2) is 34.0 Å². The molecule has 0 spiro atoms. The fraction of sp³-hybridized carbons (Fsp3) is 0.286. The van der Waals surface area contributed by atoms with Crippen LogP contribution >= 0.6 is 0 Å². The van der Waals surface area contributed by atoms with E-state index in [1.165, 1.54) is 6.20 Å². The van der Waals surface area contributed by atoms with E-state index < -0.39 is 24.0 Å². The smallest absolute Gasteiger partial charge is 1.00 e. The van der Waals surface area contributed by atoms with Crippen molar-refractivity contribution >= 4 is 18.2 Å². The van der Waals surface area contributed by atoms with E-state index in [0.717, 1.165) is 12.5 Å². The molecule has 1 heterocycles. The summed E-state index contributed by atoms with van der Waals surface area (Å²) in [5.41, 5.74) is -1.86. The Balaban J connectivity index is -0.000000211. The number of hydrogen-bond acceptors (Lipinski definition) is 4. The first kappa shape index (κ1) is 18.2. The minimum Gasteiger partial charge on any atom is -1.00 e. The molecule has 74 valence electrons. The second-order valence-corrected chi connectivity index (χ2v) is 2.45. The first-order chi connectivity index (χ1) is 6.07. The van der Waals surface area contributed by atoms with E-state index in [-0.39, 0.29) is 83.8 Å². The normalized spacial score (nSPS) is 21.9. The Bertz CT molecular complexity index is 315. The number of carboxylic acids is 2. The Morgan fingerprint density at radius 3 is 2.40 bits per heavy atom. The molecule has 1 aliphatic rings. The van der Waals surface area contributed by atoms with Crippen molar-refractivity contribution in [2.75, 3.05) is 0 Å². The quantitative estimate of drug-likeness (QED) is 0.486. The number of aliphatic imine (C=N–C) groups is 1. The number of carboxylic acid groups (broad SMARTS) is 2. The molecule has 0 aromatic carbocycles. The Kier molecular flexibility index (Phi) is 9.64. The van der Waals surface area contributed by atoms with Crippen LogP contribution in [0.4, 0.5) is 0 Å². The maximum absolute atomic E-state index is 10.7. The summed E-state index contributed by atoms with van der Waals surface area (Å²) in [7, 11) is 0. The maximum Gasteiger partial charge on any atom is 1.00 e. The minimum absolute atomic E-state index is 0. The van der Waals surface area contributed by atoms with E-state index in [4.69, 9.17) is 14.9 Å². The molecule has 2 N–H and O–H groups in total. The van der Waals surface area contributed by atoms with Crippen LogP contribution in [0.1, 0.15) is 9.27 Å². The van der Waals surface area contributed by atoms with Crippen molar-refractivity contribution in [2.45, 2.75) is 12.0 Å². The molecule has 0 fully saturated rings. The third kappa shape index (κ3) is 5.09. The van der Waals surface area contributed by atoms with Gasteiger partial charge in [0.05, 0.1) is 12.4 Å². The third-order valence-corrected chi connectivity index (χ3v) is 1.48. The fourth-order valence-electron chi connectivity index (χ4n) is 0.874. The van der Waals surface area contributed by atoms with Gasteiger partial charge in [0.2, 0.25) is 5.60 Å². The van der Waals surface area contributed by atoms with Crippen LogP contribution in [0.25, 0.3) is 0 Å². The largest absolute Gasteiger partial charge is 1.00 e. The molecule has 0 bridgehead atoms. The molecule has 1 unspecified atom stereocenters. The second-order valence-electron chi connectivity index (χ2n) is 2.45. The zero-order chi connectivity index (χ0) is 9.90. The summed E-state index contributed by atoms with van der Waals surface area (Å²) in [6, 6.07) is 0. The van der Waals surface area contributed by atoms with Gasteiger partial charge in [0, 0.05) is 0 Å². The molecule has 1 rings (SSSR count). The van der Waals surface area contributed by atoms with E-state index in [2.05, 4.69) is 4.99 Å². The van der Waals surface area contributed by atoms with Crippen molar-refractivity contribution in [2.24, 2.45) is 4.99 Å². The van der Waals surface area contributed by atoms with Gasteiger partial charge in [-0.25, -0.2) is 4.79 Å². The van der Waals surface area contributed by atoms with E-state index >= 15 is 0 Å². The van der Waals surface area contributed by atoms with E-state index in [9.17, 15) is 9.59 Å². The monoisotopic (exact) mass is 249 g/mol. The molecule has 8 heteroatoms.